The Morgan fingerprint density at radius 1 is 0.289 bits per heavy atom. The topological polar surface area (TPSA) is 548 Å². The number of hydrogen-bond donors (Lipinski definition) is 19. The molecule has 9 rings (SSSR count). The molecule has 0 spiro atoms. The third-order valence-corrected chi connectivity index (χ3v) is 19.7. The minimum atomic E-state index is -1.10. The molecule has 128 heavy (non-hydrogen) atoms. The number of rotatable bonds is 27. The summed E-state index contributed by atoms with van der Waals surface area (Å²) in [5, 5.41) is 94.1. The standard InChI is InChI=1S/C10H12Br2N2O.C10H13BrN2O2.2C10H13BrN2O.2C10H13BrN2.2C10H13FN2O2.C10H13FN2O/c1-6(13)14-3-2-7-4-8(11)5-9(12)10(7)15;1-6(12)13-3-2-7-4-8(11)5-9(14)10(7)15;1-7(12)13-3-2-8-4-9(11)6-10(14)5-8;1-7(12)13-5-4-8-6-9(14)2-3-10(8)11;1-8(12)13-7-6-9-2-4-10(11)5-3-9;1-8(12)13-6-5-9-3-2-4-10(11)7-9;1-6(12)13-5-10(15)7-2-8(11)4-9(14)3-7;1-6(12)13-5-10(15)8-4-7(14)2-3-9(8)11;1-7(12)13-6-10(14)8-4-2-3-5-9(8)11/h4-5,15H,2-3H2,1H3,(H2,13,14);4-5,14-15H,2-3H2,1H3,(H2,12,13);4-6,14H,2-3H2,1H3,(H2,12,13);2-3,6,14H,4-5H2,1H3,(H2,12,13);2-5H,6-7H2,1H3,(H2,12,13);2-4,7H,5-6H2,1H3,(H2,12,13);2*2-4,10,14-15H,5H2,1H3,(H2,12,13);2-5,10,14H,6H2,1H3,(H2,12,13)/t;;;;;;3*10-/m......000/s1/i11-4,12-4;5*11-4;3*11-1. The Kier molecular flexibility index (Phi) is 58.4. The van der Waals surface area contributed by atoms with Crippen LogP contribution in [-0.2, 0) is 38.5 Å². The molecule has 0 heterocycles. The van der Waals surface area contributed by atoms with Crippen molar-refractivity contribution in [2.75, 3.05) is 58.9 Å². The molecule has 696 valence electrons. The zero-order valence-corrected chi connectivity index (χ0v) is 83.6. The van der Waals surface area contributed by atoms with Crippen LogP contribution < -0.4 is 51.6 Å². The Labute approximate surface area is 805 Å². The fraction of sp³-hybridized carbons (Fsp3) is 0.300. The normalized spacial score (nSPS) is 12.5. The number of aromatic hydroxyl groups is 7. The second kappa shape index (κ2) is 64.6. The van der Waals surface area contributed by atoms with E-state index in [0.717, 1.165) is 100 Å². The summed E-state index contributed by atoms with van der Waals surface area (Å²) in [7, 11) is 0. The maximum atomic E-state index is 13.2. The second-order valence-electron chi connectivity index (χ2n) is 27.8. The molecule has 0 radical (unpaired) electrons. The number of nitrogens with two attached hydrogens (primary N) is 9. The minimum Gasteiger partial charge on any atom is -0.508 e. The lowest BCUT2D eigenvalue weighted by Crippen LogP contribution is -2.10. The first-order valence-corrected chi connectivity index (χ1v) is 44.7. The quantitative estimate of drug-likeness (QED) is 0.0129. The molecule has 3 atom stereocenters. The Hall–Kier alpha value is -10.2. The summed E-state index contributed by atoms with van der Waals surface area (Å²) in [5.41, 5.74) is 55.0. The average molecular weight is 2200 g/mol. The maximum Gasteiger partial charge on any atom is 0.160 e. The third-order valence-electron chi connectivity index (χ3n) is 16.0. The molecular formula is C90H116Br7F3N18O10. The van der Waals surface area contributed by atoms with E-state index in [1.807, 2.05) is 49.4 Å². The van der Waals surface area contributed by atoms with E-state index in [4.69, 9.17) is 61.8 Å². The largest absolute Gasteiger partial charge is 0.508 e. The van der Waals surface area contributed by atoms with E-state index in [1.165, 1.54) is 47.5 Å². The van der Waals surface area contributed by atoms with Crippen molar-refractivity contribution < 1.29 is 64.2 Å². The van der Waals surface area contributed by atoms with Gasteiger partial charge >= 0.3 is 0 Å². The van der Waals surface area contributed by atoms with Gasteiger partial charge in [-0.3, -0.25) is 44.9 Å². The molecule has 0 aliphatic rings. The molecule has 28 N–H and O–H groups in total. The lowest BCUT2D eigenvalue weighted by Gasteiger charge is -2.09. The molecule has 0 bridgehead atoms. The minimum absolute atomic E-state index is 0.0139. The van der Waals surface area contributed by atoms with Crippen LogP contribution in [0.15, 0.2) is 246 Å². The summed E-state index contributed by atoms with van der Waals surface area (Å²) in [6.45, 7) is 19.4. The van der Waals surface area contributed by atoms with Crippen LogP contribution >= 0.6 is 112 Å². The highest BCUT2D eigenvalue weighted by atomic mass is 75.9. The Bertz CT molecular complexity index is 5040. The van der Waals surface area contributed by atoms with Crippen molar-refractivity contribution in [2.24, 2.45) is 96.5 Å². The van der Waals surface area contributed by atoms with Gasteiger partial charge in [-0.25, -0.2) is 13.2 Å². The number of amidine groups is 9. The number of nitrogens with zero attached hydrogens (tertiary/aromatic N) is 9. The van der Waals surface area contributed by atoms with Gasteiger partial charge in [-0.05, 0) is 271 Å². The van der Waals surface area contributed by atoms with Crippen molar-refractivity contribution >= 4 is 164 Å². The number of aliphatic hydroxyl groups excluding tert-OH is 3. The van der Waals surface area contributed by atoms with E-state index in [2.05, 4.69) is 181 Å². The zero-order chi connectivity index (χ0) is 96.7. The number of phenolic OH excluding ortho intramolecular Hbond substituents is 7. The molecule has 0 amide bonds. The van der Waals surface area contributed by atoms with Crippen LogP contribution in [0.4, 0.5) is 13.2 Å². The molecule has 9 aromatic carbocycles. The van der Waals surface area contributed by atoms with Gasteiger partial charge in [0.15, 0.2) is 11.5 Å². The van der Waals surface area contributed by atoms with Gasteiger partial charge in [0, 0.05) is 88.9 Å². The fourth-order valence-corrected chi connectivity index (χ4v) is 13.5. The number of aliphatic hydroxyl groups is 3. The van der Waals surface area contributed by atoms with Crippen LogP contribution in [0.3, 0.4) is 0 Å². The van der Waals surface area contributed by atoms with E-state index in [0.29, 0.717) is 102 Å². The van der Waals surface area contributed by atoms with E-state index < -0.39 is 35.8 Å². The number of aliphatic imine (C=N–C) groups is 9. The van der Waals surface area contributed by atoms with Gasteiger partial charge in [0.25, 0.3) is 0 Å². The number of phenols is 7. The number of hydrogen-bond acceptors (Lipinski definition) is 19. The summed E-state index contributed by atoms with van der Waals surface area (Å²) in [5.74, 6) is 3.22. The highest BCUT2D eigenvalue weighted by molar-refractivity contribution is 9.11. The molecule has 0 unspecified atom stereocenters. The van der Waals surface area contributed by atoms with Gasteiger partial charge in [0.05, 0.1) is 82.7 Å². The van der Waals surface area contributed by atoms with E-state index in [9.17, 15) is 54.0 Å². The van der Waals surface area contributed by atoms with Crippen molar-refractivity contribution in [3.05, 3.63) is 269 Å². The molecule has 0 aromatic heterocycles. The van der Waals surface area contributed by atoms with Crippen molar-refractivity contribution in [3.8, 4) is 40.2 Å². The second-order valence-corrected chi connectivity index (χ2v) is 34.1. The van der Waals surface area contributed by atoms with Crippen molar-refractivity contribution in [3.63, 3.8) is 0 Å². The maximum absolute atomic E-state index is 13.2. The summed E-state index contributed by atoms with van der Waals surface area (Å²) < 4.78 is 45.6. The number of benzene rings is 9. The Morgan fingerprint density at radius 3 is 1.16 bits per heavy atom. The molecule has 0 saturated carbocycles. The van der Waals surface area contributed by atoms with Gasteiger partial charge in [-0.2, -0.15) is 0 Å². The average Bonchev–Trinajstić information content (AvgIpc) is 0.841. The van der Waals surface area contributed by atoms with Gasteiger partial charge in [0.2, 0.25) is 0 Å². The first-order chi connectivity index (χ1) is 60.1. The first-order valence-electron chi connectivity index (χ1n) is 39.1. The van der Waals surface area contributed by atoms with Crippen LogP contribution in [0.2, 0.25) is 0 Å². The van der Waals surface area contributed by atoms with Crippen LogP contribution in [0.1, 0.15) is 131 Å². The Balaban J connectivity index is 0.000000720. The van der Waals surface area contributed by atoms with Gasteiger partial charge < -0.3 is 103 Å². The van der Waals surface area contributed by atoms with E-state index in [-0.39, 0.29) is 76.6 Å². The summed E-state index contributed by atoms with van der Waals surface area (Å²) in [6, 6.07) is 46.8. The predicted molar refractivity (Wildman–Crippen MR) is 540 cm³/mol. The van der Waals surface area contributed by atoms with E-state index >= 15 is 0 Å². The molecule has 0 aliphatic heterocycles. The van der Waals surface area contributed by atoms with Crippen molar-refractivity contribution in [1.82, 2.24) is 0 Å². The van der Waals surface area contributed by atoms with Crippen molar-refractivity contribution in [2.45, 2.75) is 119 Å². The highest BCUT2D eigenvalue weighted by Gasteiger charge is 2.16. The molecular weight excluding hydrogens is 2080 g/mol. The smallest absolute Gasteiger partial charge is 0.160 e. The van der Waals surface area contributed by atoms with Crippen LogP contribution in [0.25, 0.3) is 0 Å². The summed E-state index contributed by atoms with van der Waals surface area (Å²) >= 11 is 23.4. The van der Waals surface area contributed by atoms with Crippen molar-refractivity contribution in [1.29, 1.82) is 0 Å². The lowest BCUT2D eigenvalue weighted by molar-refractivity contribution is 0.181. The monoisotopic (exact) mass is 2190 g/mol. The van der Waals surface area contributed by atoms with Gasteiger partial charge in [-0.15, -0.1) is 0 Å². The molecule has 28 nitrogen and oxygen atoms in total. The summed E-state index contributed by atoms with van der Waals surface area (Å²) in [6.07, 6.45) is 1.63. The zero-order valence-electron chi connectivity index (χ0n) is 72.5. The predicted octanol–water partition coefficient (Wildman–Crippen LogP) is 16.6. The summed E-state index contributed by atoms with van der Waals surface area (Å²) in [4.78, 5) is 35.9. The molecule has 0 fully saturated rings. The molecule has 0 aliphatic carbocycles. The first kappa shape index (κ1) is 116. The van der Waals surface area contributed by atoms with Gasteiger partial charge in [0.1, 0.15) is 58.4 Å². The number of halogens is 10. The van der Waals surface area contributed by atoms with Crippen LogP contribution in [0.5, 0.6) is 40.2 Å². The third kappa shape index (κ3) is 55.5. The highest BCUT2D eigenvalue weighted by Crippen LogP contribution is 2.34. The van der Waals surface area contributed by atoms with Gasteiger partial charge in [-0.1, -0.05) is 138 Å². The lowest BCUT2D eigenvalue weighted by atomic mass is 10.1. The fourth-order valence-electron chi connectivity index (χ4n) is 9.97. The Morgan fingerprint density at radius 2 is 0.688 bits per heavy atom. The molecule has 0 saturated heterocycles. The van der Waals surface area contributed by atoms with Crippen LogP contribution in [0, 0.1) is 17.5 Å². The molecule has 38 heteroatoms. The van der Waals surface area contributed by atoms with E-state index in [1.54, 1.807) is 104 Å². The SMILES string of the molecule is CC(N)=NCCc1cc(O)cc([76Br])c1.CC(N)=NCCc1cc(O)ccc1[76Br].CC(N)=NCCc1cc([76Br])cc(O)c1O.CC(N)=NCCc1cc([76Br])cc([76Br])c1O.CC(N)=NCCc1ccc([76Br])cc1.CC(N)=NCCc1cccc([76Br])c1.CC(N)=NC[C@H](O)c1cc(O)cc([18F])c1.CC(N)=NC[C@H](O)c1cc(O)ccc1[18F].CC(N)=NC[C@H](O)c1ccccc1[18F]. The van der Waals surface area contributed by atoms with Crippen LogP contribution in [-0.4, -0.2) is 162 Å². The molecule has 9 aromatic rings.